The highest BCUT2D eigenvalue weighted by atomic mass is 32.1. The molecule has 4 rings (SSSR count). The molecule has 0 aromatic carbocycles. The Morgan fingerprint density at radius 1 is 1.20 bits per heavy atom. The molecule has 2 N–H and O–H groups in total. The van der Waals surface area contributed by atoms with Crippen LogP contribution in [0, 0.1) is 0 Å². The number of piperidine rings is 1. The molecule has 1 saturated carbocycles. The van der Waals surface area contributed by atoms with Crippen LogP contribution in [0.25, 0.3) is 10.2 Å². The molecule has 1 aliphatic heterocycles. The lowest BCUT2D eigenvalue weighted by Gasteiger charge is -2.41. The van der Waals surface area contributed by atoms with E-state index in [1.165, 1.54) is 17.7 Å². The van der Waals surface area contributed by atoms with Crippen LogP contribution < -0.4 is 5.32 Å². The van der Waals surface area contributed by atoms with Crippen molar-refractivity contribution >= 4 is 27.4 Å². The third-order valence-electron chi connectivity index (χ3n) is 5.76. The molecular formula is C19H28N4OS. The highest BCUT2D eigenvalue weighted by Crippen LogP contribution is 2.30. The van der Waals surface area contributed by atoms with Crippen LogP contribution in [0.1, 0.15) is 50.3 Å². The van der Waals surface area contributed by atoms with Crippen LogP contribution in [0.3, 0.4) is 0 Å². The number of aliphatic hydroxyl groups is 1. The van der Waals surface area contributed by atoms with Crippen molar-refractivity contribution in [3.05, 3.63) is 17.3 Å². The van der Waals surface area contributed by atoms with Crippen molar-refractivity contribution in [2.75, 3.05) is 18.4 Å². The molecule has 2 aliphatic rings. The Labute approximate surface area is 153 Å². The fraction of sp³-hybridized carbons (Fsp3) is 0.684. The number of aryl methyl sites for hydroxylation is 1. The third kappa shape index (κ3) is 3.66. The molecule has 0 radical (unpaired) electrons. The van der Waals surface area contributed by atoms with Crippen molar-refractivity contribution < 1.29 is 5.11 Å². The lowest BCUT2D eigenvalue weighted by molar-refractivity contribution is 0.00993. The third-order valence-corrected chi connectivity index (χ3v) is 6.95. The maximum atomic E-state index is 10.3. The molecule has 2 atom stereocenters. The zero-order valence-electron chi connectivity index (χ0n) is 14.9. The van der Waals surface area contributed by atoms with Crippen molar-refractivity contribution in [1.82, 2.24) is 14.9 Å². The maximum Gasteiger partial charge on any atom is 0.138 e. The highest BCUT2D eigenvalue weighted by molar-refractivity contribution is 7.18. The fourth-order valence-electron chi connectivity index (χ4n) is 4.28. The Morgan fingerprint density at radius 3 is 2.76 bits per heavy atom. The van der Waals surface area contributed by atoms with Crippen molar-refractivity contribution in [3.63, 3.8) is 0 Å². The minimum absolute atomic E-state index is 0.127. The number of rotatable bonds is 4. The summed E-state index contributed by atoms with van der Waals surface area (Å²) in [5.41, 5.74) is 0. The summed E-state index contributed by atoms with van der Waals surface area (Å²) in [6.45, 7) is 4.32. The second-order valence-corrected chi connectivity index (χ2v) is 8.50. The number of nitrogens with one attached hydrogen (secondary N) is 1. The quantitative estimate of drug-likeness (QED) is 0.875. The molecule has 3 heterocycles. The Hall–Kier alpha value is -1.24. The summed E-state index contributed by atoms with van der Waals surface area (Å²) in [5, 5.41) is 15.1. The van der Waals surface area contributed by atoms with E-state index in [9.17, 15) is 5.11 Å². The van der Waals surface area contributed by atoms with Crippen molar-refractivity contribution in [1.29, 1.82) is 0 Å². The van der Waals surface area contributed by atoms with Gasteiger partial charge >= 0.3 is 0 Å². The van der Waals surface area contributed by atoms with Gasteiger partial charge in [-0.15, -0.1) is 11.3 Å². The van der Waals surface area contributed by atoms with Gasteiger partial charge in [0, 0.05) is 30.1 Å². The Bertz CT molecular complexity index is 711. The van der Waals surface area contributed by atoms with E-state index in [-0.39, 0.29) is 6.10 Å². The van der Waals surface area contributed by atoms with E-state index in [4.69, 9.17) is 0 Å². The molecule has 6 heteroatoms. The second kappa shape index (κ2) is 7.56. The highest BCUT2D eigenvalue weighted by Gasteiger charge is 2.31. The van der Waals surface area contributed by atoms with Crippen LogP contribution in [0.4, 0.5) is 5.82 Å². The molecule has 0 amide bonds. The predicted octanol–water partition coefficient (Wildman–Crippen LogP) is 3.43. The monoisotopic (exact) mass is 360 g/mol. The first-order valence-corrected chi connectivity index (χ1v) is 10.5. The molecule has 2 unspecified atom stereocenters. The van der Waals surface area contributed by atoms with Gasteiger partial charge in [-0.3, -0.25) is 4.90 Å². The number of hydrogen-bond acceptors (Lipinski definition) is 6. The van der Waals surface area contributed by atoms with E-state index in [2.05, 4.69) is 33.2 Å². The molecule has 2 aromatic heterocycles. The average Bonchev–Trinajstić information content (AvgIpc) is 3.07. The number of hydrogen-bond donors (Lipinski definition) is 2. The van der Waals surface area contributed by atoms with Crippen LogP contribution in [0.15, 0.2) is 12.4 Å². The molecule has 2 fully saturated rings. The van der Waals surface area contributed by atoms with Gasteiger partial charge in [-0.2, -0.15) is 0 Å². The zero-order valence-corrected chi connectivity index (χ0v) is 15.8. The molecule has 25 heavy (non-hydrogen) atoms. The molecule has 136 valence electrons. The first-order chi connectivity index (χ1) is 12.2. The molecule has 5 nitrogen and oxygen atoms in total. The van der Waals surface area contributed by atoms with Crippen LogP contribution in [0.5, 0.6) is 0 Å². The van der Waals surface area contributed by atoms with Gasteiger partial charge in [0.25, 0.3) is 0 Å². The number of anilines is 1. The standard InChI is InChI=1S/C19H28N4OS/c1-2-14-11-15-18(20-12-21-19(15)25-14)22-13-7-9-23(10-8-13)16-5-3-4-6-17(16)24/h11-13,16-17,24H,2-10H2,1H3,(H,20,21,22). The number of fused-ring (bicyclic) bond motifs is 1. The number of aromatic nitrogens is 2. The Morgan fingerprint density at radius 2 is 2.00 bits per heavy atom. The summed E-state index contributed by atoms with van der Waals surface area (Å²) >= 11 is 1.77. The van der Waals surface area contributed by atoms with Crippen LogP contribution in [-0.2, 0) is 6.42 Å². The van der Waals surface area contributed by atoms with Gasteiger partial charge in [0.2, 0.25) is 0 Å². The van der Waals surface area contributed by atoms with E-state index in [0.29, 0.717) is 12.1 Å². The normalized spacial score (nSPS) is 26.2. The Balaban J connectivity index is 1.39. The van der Waals surface area contributed by atoms with Gasteiger partial charge < -0.3 is 10.4 Å². The van der Waals surface area contributed by atoms with Crippen molar-refractivity contribution in [3.8, 4) is 0 Å². The van der Waals surface area contributed by atoms with E-state index in [0.717, 1.165) is 61.2 Å². The molecule has 1 aliphatic carbocycles. The lowest BCUT2D eigenvalue weighted by atomic mass is 9.89. The summed E-state index contributed by atoms with van der Waals surface area (Å²) in [6.07, 6.45) is 9.38. The minimum atomic E-state index is -0.127. The summed E-state index contributed by atoms with van der Waals surface area (Å²) in [5.74, 6) is 0.983. The predicted molar refractivity (Wildman–Crippen MR) is 103 cm³/mol. The van der Waals surface area contributed by atoms with E-state index in [1.54, 1.807) is 17.7 Å². The first kappa shape index (κ1) is 17.2. The van der Waals surface area contributed by atoms with Crippen LogP contribution in [-0.4, -0.2) is 51.3 Å². The van der Waals surface area contributed by atoms with Gasteiger partial charge in [0.1, 0.15) is 17.0 Å². The van der Waals surface area contributed by atoms with Gasteiger partial charge in [-0.05, 0) is 38.2 Å². The van der Waals surface area contributed by atoms with Gasteiger partial charge in [0.05, 0.1) is 11.5 Å². The molecule has 0 bridgehead atoms. The lowest BCUT2D eigenvalue weighted by Crippen LogP contribution is -2.50. The summed E-state index contributed by atoms with van der Waals surface area (Å²) in [6, 6.07) is 3.07. The van der Waals surface area contributed by atoms with Crippen molar-refractivity contribution in [2.24, 2.45) is 0 Å². The average molecular weight is 361 g/mol. The summed E-state index contributed by atoms with van der Waals surface area (Å²) < 4.78 is 0. The number of nitrogens with zero attached hydrogens (tertiary/aromatic N) is 3. The van der Waals surface area contributed by atoms with Gasteiger partial charge in [-0.1, -0.05) is 19.8 Å². The first-order valence-electron chi connectivity index (χ1n) is 9.66. The second-order valence-electron chi connectivity index (χ2n) is 7.38. The Kier molecular flexibility index (Phi) is 5.20. The SMILES string of the molecule is CCc1cc2c(NC3CCN(C4CCCCC4O)CC3)ncnc2s1. The van der Waals surface area contributed by atoms with E-state index >= 15 is 0 Å². The van der Waals surface area contributed by atoms with Crippen molar-refractivity contribution in [2.45, 2.75) is 70.1 Å². The molecule has 1 saturated heterocycles. The van der Waals surface area contributed by atoms with E-state index < -0.39 is 0 Å². The zero-order chi connectivity index (χ0) is 17.2. The topological polar surface area (TPSA) is 61.3 Å². The van der Waals surface area contributed by atoms with Crippen LogP contribution in [0.2, 0.25) is 0 Å². The summed E-state index contributed by atoms with van der Waals surface area (Å²) in [7, 11) is 0. The number of thiophene rings is 1. The smallest absolute Gasteiger partial charge is 0.138 e. The van der Waals surface area contributed by atoms with Gasteiger partial charge in [0.15, 0.2) is 0 Å². The van der Waals surface area contributed by atoms with Gasteiger partial charge in [-0.25, -0.2) is 9.97 Å². The fourth-order valence-corrected chi connectivity index (χ4v) is 5.22. The molecule has 0 spiro atoms. The summed E-state index contributed by atoms with van der Waals surface area (Å²) in [4.78, 5) is 13.9. The van der Waals surface area contributed by atoms with E-state index in [1.807, 2.05) is 0 Å². The molecular weight excluding hydrogens is 332 g/mol. The largest absolute Gasteiger partial charge is 0.391 e. The number of aliphatic hydroxyl groups excluding tert-OH is 1. The van der Waals surface area contributed by atoms with Crippen LogP contribution >= 0.6 is 11.3 Å². The number of likely N-dealkylation sites (tertiary alicyclic amines) is 1. The maximum absolute atomic E-state index is 10.3. The minimum Gasteiger partial charge on any atom is -0.391 e. The molecule has 2 aromatic rings.